The van der Waals surface area contributed by atoms with Crippen molar-refractivity contribution >= 4 is 0 Å². The highest BCUT2D eigenvalue weighted by Crippen LogP contribution is 2.39. The van der Waals surface area contributed by atoms with Crippen LogP contribution < -0.4 is 10.1 Å². The summed E-state index contributed by atoms with van der Waals surface area (Å²) in [4.78, 5) is 0. The molecule has 1 atom stereocenters. The van der Waals surface area contributed by atoms with Crippen molar-refractivity contribution in [3.8, 4) is 5.75 Å². The standard InChI is InChI=1S/C13H23N3O/c1-4-7-13(8-6-9-14-13)12-11(17-3)10-15-16(12)5-2/h10,14H,4-9H2,1-3H3. The summed E-state index contributed by atoms with van der Waals surface area (Å²) >= 11 is 0. The van der Waals surface area contributed by atoms with Gasteiger partial charge in [-0.3, -0.25) is 4.68 Å². The summed E-state index contributed by atoms with van der Waals surface area (Å²) in [5, 5.41) is 8.11. The molecule has 4 heteroatoms. The highest BCUT2D eigenvalue weighted by molar-refractivity contribution is 5.33. The molecule has 1 aliphatic rings. The predicted molar refractivity (Wildman–Crippen MR) is 68.3 cm³/mol. The highest BCUT2D eigenvalue weighted by atomic mass is 16.5. The van der Waals surface area contributed by atoms with Crippen LogP contribution in [0.25, 0.3) is 0 Å². The number of hydrogen-bond donors (Lipinski definition) is 1. The van der Waals surface area contributed by atoms with Gasteiger partial charge in [-0.15, -0.1) is 0 Å². The summed E-state index contributed by atoms with van der Waals surface area (Å²) in [5.41, 5.74) is 1.31. The Hall–Kier alpha value is -1.03. The van der Waals surface area contributed by atoms with Gasteiger partial charge in [-0.05, 0) is 32.7 Å². The lowest BCUT2D eigenvalue weighted by Crippen LogP contribution is -2.39. The van der Waals surface area contributed by atoms with Gasteiger partial charge in [0.25, 0.3) is 0 Å². The Labute approximate surface area is 103 Å². The second-order valence-corrected chi connectivity index (χ2v) is 4.74. The molecule has 0 bridgehead atoms. The van der Waals surface area contributed by atoms with Gasteiger partial charge in [-0.1, -0.05) is 13.3 Å². The van der Waals surface area contributed by atoms with E-state index in [9.17, 15) is 0 Å². The number of methoxy groups -OCH3 is 1. The molecule has 0 aromatic carbocycles. The molecule has 4 nitrogen and oxygen atoms in total. The number of rotatable bonds is 5. The highest BCUT2D eigenvalue weighted by Gasteiger charge is 2.39. The van der Waals surface area contributed by atoms with Gasteiger partial charge in [0.2, 0.25) is 0 Å². The average Bonchev–Trinajstić information content (AvgIpc) is 2.95. The Morgan fingerprint density at radius 1 is 1.53 bits per heavy atom. The lowest BCUT2D eigenvalue weighted by Gasteiger charge is -2.30. The molecule has 1 aromatic heterocycles. The van der Waals surface area contributed by atoms with Crippen LogP contribution in [0.3, 0.4) is 0 Å². The van der Waals surface area contributed by atoms with Crippen molar-refractivity contribution in [2.45, 2.75) is 51.6 Å². The first-order chi connectivity index (χ1) is 8.27. The SMILES string of the molecule is CCCC1(c2c(OC)cnn2CC)CCCN1. The zero-order valence-electron chi connectivity index (χ0n) is 11.1. The smallest absolute Gasteiger partial charge is 0.161 e. The average molecular weight is 237 g/mol. The maximum Gasteiger partial charge on any atom is 0.161 e. The van der Waals surface area contributed by atoms with Crippen molar-refractivity contribution in [1.82, 2.24) is 15.1 Å². The number of nitrogens with one attached hydrogen (secondary N) is 1. The molecule has 0 saturated carbocycles. The van der Waals surface area contributed by atoms with Crippen LogP contribution in [0.15, 0.2) is 6.20 Å². The van der Waals surface area contributed by atoms with Crippen LogP contribution in [0.5, 0.6) is 5.75 Å². The summed E-state index contributed by atoms with van der Waals surface area (Å²) in [6.45, 7) is 6.36. The number of aromatic nitrogens is 2. The lowest BCUT2D eigenvalue weighted by atomic mass is 9.87. The van der Waals surface area contributed by atoms with Crippen molar-refractivity contribution in [1.29, 1.82) is 0 Å². The fourth-order valence-corrected chi connectivity index (χ4v) is 3.01. The van der Waals surface area contributed by atoms with Gasteiger partial charge in [-0.2, -0.15) is 5.10 Å². The van der Waals surface area contributed by atoms with Crippen molar-refractivity contribution in [3.63, 3.8) is 0 Å². The van der Waals surface area contributed by atoms with E-state index in [0.717, 1.165) is 25.3 Å². The molecule has 17 heavy (non-hydrogen) atoms. The Kier molecular flexibility index (Phi) is 3.72. The van der Waals surface area contributed by atoms with Crippen LogP contribution in [0.1, 0.15) is 45.2 Å². The third kappa shape index (κ3) is 2.06. The van der Waals surface area contributed by atoms with Gasteiger partial charge in [-0.25, -0.2) is 0 Å². The molecule has 96 valence electrons. The maximum absolute atomic E-state index is 5.49. The van der Waals surface area contributed by atoms with Crippen LogP contribution in [0.4, 0.5) is 0 Å². The Morgan fingerprint density at radius 3 is 2.88 bits per heavy atom. The molecule has 0 aliphatic carbocycles. The van der Waals surface area contributed by atoms with E-state index < -0.39 is 0 Å². The van der Waals surface area contributed by atoms with E-state index in [0.29, 0.717) is 0 Å². The van der Waals surface area contributed by atoms with E-state index >= 15 is 0 Å². The van der Waals surface area contributed by atoms with Gasteiger partial charge in [0.05, 0.1) is 18.8 Å². The summed E-state index contributed by atoms with van der Waals surface area (Å²) in [6.07, 6.45) is 6.58. The van der Waals surface area contributed by atoms with E-state index in [1.54, 1.807) is 7.11 Å². The van der Waals surface area contributed by atoms with Crippen LogP contribution >= 0.6 is 0 Å². The summed E-state index contributed by atoms with van der Waals surface area (Å²) in [7, 11) is 1.73. The van der Waals surface area contributed by atoms with Gasteiger partial charge in [0.1, 0.15) is 5.69 Å². The van der Waals surface area contributed by atoms with Crippen molar-refractivity contribution in [2.75, 3.05) is 13.7 Å². The number of nitrogens with zero attached hydrogens (tertiary/aromatic N) is 2. The summed E-state index contributed by atoms with van der Waals surface area (Å²) in [5.74, 6) is 0.926. The van der Waals surface area contributed by atoms with Crippen molar-refractivity contribution in [3.05, 3.63) is 11.9 Å². The fraction of sp³-hybridized carbons (Fsp3) is 0.769. The van der Waals surface area contributed by atoms with E-state index in [-0.39, 0.29) is 5.54 Å². The minimum atomic E-state index is 0.0760. The Morgan fingerprint density at radius 2 is 2.35 bits per heavy atom. The topological polar surface area (TPSA) is 39.1 Å². The molecule has 1 saturated heterocycles. The zero-order chi connectivity index (χ0) is 12.3. The number of aryl methyl sites for hydroxylation is 1. The summed E-state index contributed by atoms with van der Waals surface area (Å²) < 4.78 is 7.56. The zero-order valence-corrected chi connectivity index (χ0v) is 11.1. The molecular weight excluding hydrogens is 214 g/mol. The fourth-order valence-electron chi connectivity index (χ4n) is 3.01. The molecule has 1 aliphatic heterocycles. The maximum atomic E-state index is 5.49. The van der Waals surface area contributed by atoms with Gasteiger partial charge >= 0.3 is 0 Å². The van der Waals surface area contributed by atoms with Crippen molar-refractivity contribution in [2.24, 2.45) is 0 Å². The quantitative estimate of drug-likeness (QED) is 0.854. The molecule has 1 N–H and O–H groups in total. The second-order valence-electron chi connectivity index (χ2n) is 4.74. The first-order valence-corrected chi connectivity index (χ1v) is 6.62. The lowest BCUT2D eigenvalue weighted by molar-refractivity contribution is 0.305. The molecule has 2 rings (SSSR count). The molecule has 2 heterocycles. The monoisotopic (exact) mass is 237 g/mol. The van der Waals surface area contributed by atoms with Crippen LogP contribution in [0, 0.1) is 0 Å². The largest absolute Gasteiger partial charge is 0.493 e. The van der Waals surface area contributed by atoms with Crippen LogP contribution in [-0.4, -0.2) is 23.4 Å². The molecular formula is C13H23N3O. The second kappa shape index (κ2) is 5.08. The Bertz CT molecular complexity index is 345. The molecule has 1 unspecified atom stereocenters. The molecule has 1 aromatic rings. The van der Waals surface area contributed by atoms with E-state index in [2.05, 4.69) is 28.9 Å². The molecule has 0 amide bonds. The van der Waals surface area contributed by atoms with E-state index in [1.165, 1.54) is 25.0 Å². The van der Waals surface area contributed by atoms with Crippen LogP contribution in [-0.2, 0) is 12.1 Å². The normalized spacial score (nSPS) is 24.2. The number of hydrogen-bond acceptors (Lipinski definition) is 3. The third-order valence-electron chi connectivity index (χ3n) is 3.70. The minimum Gasteiger partial charge on any atom is -0.493 e. The molecule has 1 fully saturated rings. The third-order valence-corrected chi connectivity index (χ3v) is 3.70. The van der Waals surface area contributed by atoms with Gasteiger partial charge in [0, 0.05) is 6.54 Å². The summed E-state index contributed by atoms with van der Waals surface area (Å²) in [6, 6.07) is 0. The predicted octanol–water partition coefficient (Wildman–Crippen LogP) is 2.29. The molecule has 0 spiro atoms. The van der Waals surface area contributed by atoms with Gasteiger partial charge < -0.3 is 10.1 Å². The van der Waals surface area contributed by atoms with E-state index in [1.807, 2.05) is 6.20 Å². The number of ether oxygens (including phenoxy) is 1. The van der Waals surface area contributed by atoms with E-state index in [4.69, 9.17) is 4.74 Å². The minimum absolute atomic E-state index is 0.0760. The first-order valence-electron chi connectivity index (χ1n) is 6.62. The Balaban J connectivity index is 2.44. The van der Waals surface area contributed by atoms with Crippen molar-refractivity contribution < 1.29 is 4.74 Å². The van der Waals surface area contributed by atoms with Crippen LogP contribution in [0.2, 0.25) is 0 Å². The molecule has 0 radical (unpaired) electrons. The van der Waals surface area contributed by atoms with Gasteiger partial charge in [0.15, 0.2) is 5.75 Å². The first kappa shape index (κ1) is 12.4.